The number of hydrogen-bond acceptors (Lipinski definition) is 4. The molecule has 0 saturated carbocycles. The lowest BCUT2D eigenvalue weighted by Gasteiger charge is -2.21. The number of methoxy groups -OCH3 is 1. The van der Waals surface area contributed by atoms with Crippen LogP contribution in [0, 0.1) is 6.92 Å². The maximum absolute atomic E-state index is 5.30. The standard InChI is InChI=1S/C21H25N3O/c1-5-24(6-2)17-9-7-16(8-10-17)22-21-13-15(3)19-14-18(25-4)11-12-20(19)23-21/h7-14H,5-6H2,1-4H3,(H,22,23). The van der Waals surface area contributed by atoms with Gasteiger partial charge in [0, 0.05) is 29.9 Å². The van der Waals surface area contributed by atoms with Gasteiger partial charge in [0.1, 0.15) is 11.6 Å². The van der Waals surface area contributed by atoms with Crippen molar-refractivity contribution in [3.05, 3.63) is 54.1 Å². The Hall–Kier alpha value is -2.75. The molecule has 4 heteroatoms. The van der Waals surface area contributed by atoms with E-state index in [1.807, 2.05) is 18.2 Å². The summed E-state index contributed by atoms with van der Waals surface area (Å²) in [6.45, 7) is 8.47. The van der Waals surface area contributed by atoms with Crippen molar-refractivity contribution in [2.24, 2.45) is 0 Å². The topological polar surface area (TPSA) is 37.4 Å². The minimum Gasteiger partial charge on any atom is -0.497 e. The molecular weight excluding hydrogens is 310 g/mol. The second-order valence-electron chi connectivity index (χ2n) is 6.05. The van der Waals surface area contributed by atoms with Gasteiger partial charge in [-0.15, -0.1) is 0 Å². The highest BCUT2D eigenvalue weighted by Crippen LogP contribution is 2.26. The number of nitrogens with one attached hydrogen (secondary N) is 1. The highest BCUT2D eigenvalue weighted by molar-refractivity contribution is 5.85. The molecule has 0 amide bonds. The summed E-state index contributed by atoms with van der Waals surface area (Å²) in [5.41, 5.74) is 4.41. The minimum atomic E-state index is 0.852. The van der Waals surface area contributed by atoms with Crippen molar-refractivity contribution in [2.45, 2.75) is 20.8 Å². The summed E-state index contributed by atoms with van der Waals surface area (Å²) in [6, 6.07) is 16.5. The molecular formula is C21H25N3O. The van der Waals surface area contributed by atoms with E-state index < -0.39 is 0 Å². The van der Waals surface area contributed by atoms with E-state index in [2.05, 4.69) is 61.3 Å². The number of benzene rings is 2. The van der Waals surface area contributed by atoms with Crippen LogP contribution in [0.1, 0.15) is 19.4 Å². The summed E-state index contributed by atoms with van der Waals surface area (Å²) in [7, 11) is 1.68. The summed E-state index contributed by atoms with van der Waals surface area (Å²) >= 11 is 0. The lowest BCUT2D eigenvalue weighted by molar-refractivity contribution is 0.415. The highest BCUT2D eigenvalue weighted by Gasteiger charge is 2.06. The van der Waals surface area contributed by atoms with Crippen LogP contribution in [0.4, 0.5) is 17.2 Å². The van der Waals surface area contributed by atoms with Gasteiger partial charge in [0.15, 0.2) is 0 Å². The van der Waals surface area contributed by atoms with Crippen molar-refractivity contribution in [3.8, 4) is 5.75 Å². The molecule has 3 rings (SSSR count). The Morgan fingerprint density at radius 3 is 2.36 bits per heavy atom. The molecule has 0 bridgehead atoms. The molecule has 0 aliphatic heterocycles. The molecule has 2 aromatic carbocycles. The van der Waals surface area contributed by atoms with Gasteiger partial charge in [0.2, 0.25) is 0 Å². The summed E-state index contributed by atoms with van der Waals surface area (Å²) in [6.07, 6.45) is 0. The fourth-order valence-corrected chi connectivity index (χ4v) is 3.06. The third-order valence-corrected chi connectivity index (χ3v) is 4.49. The molecule has 130 valence electrons. The van der Waals surface area contributed by atoms with E-state index in [-0.39, 0.29) is 0 Å². The molecule has 1 N–H and O–H groups in total. The largest absolute Gasteiger partial charge is 0.497 e. The van der Waals surface area contributed by atoms with E-state index in [0.29, 0.717) is 0 Å². The number of fused-ring (bicyclic) bond motifs is 1. The zero-order valence-electron chi connectivity index (χ0n) is 15.3. The first-order valence-corrected chi connectivity index (χ1v) is 8.72. The smallest absolute Gasteiger partial charge is 0.131 e. The zero-order valence-corrected chi connectivity index (χ0v) is 15.3. The molecule has 0 atom stereocenters. The number of aromatic nitrogens is 1. The summed E-state index contributed by atoms with van der Waals surface area (Å²) in [5, 5.41) is 4.52. The van der Waals surface area contributed by atoms with Gasteiger partial charge in [-0.25, -0.2) is 4.98 Å². The first-order chi connectivity index (χ1) is 12.1. The average Bonchev–Trinajstić information content (AvgIpc) is 2.64. The van der Waals surface area contributed by atoms with E-state index in [4.69, 9.17) is 9.72 Å². The molecule has 0 saturated heterocycles. The summed E-state index contributed by atoms with van der Waals surface area (Å²) < 4.78 is 5.30. The third-order valence-electron chi connectivity index (χ3n) is 4.49. The Bertz CT molecular complexity index is 855. The number of ether oxygens (including phenoxy) is 1. The SMILES string of the molecule is CCN(CC)c1ccc(Nc2cc(C)c3cc(OC)ccc3n2)cc1. The number of aryl methyl sites for hydroxylation is 1. The van der Waals surface area contributed by atoms with Gasteiger partial charge in [-0.2, -0.15) is 0 Å². The van der Waals surface area contributed by atoms with Crippen LogP contribution in [0.3, 0.4) is 0 Å². The number of hydrogen-bond donors (Lipinski definition) is 1. The van der Waals surface area contributed by atoms with Gasteiger partial charge in [0.25, 0.3) is 0 Å². The minimum absolute atomic E-state index is 0.852. The van der Waals surface area contributed by atoms with Crippen LogP contribution in [0.2, 0.25) is 0 Å². The van der Waals surface area contributed by atoms with Crippen LogP contribution in [0.15, 0.2) is 48.5 Å². The number of rotatable bonds is 6. The van der Waals surface area contributed by atoms with Gasteiger partial charge < -0.3 is 15.0 Å². The Kier molecular flexibility index (Phi) is 5.08. The van der Waals surface area contributed by atoms with Gasteiger partial charge >= 0.3 is 0 Å². The second-order valence-corrected chi connectivity index (χ2v) is 6.05. The molecule has 25 heavy (non-hydrogen) atoms. The normalized spacial score (nSPS) is 10.7. The van der Waals surface area contributed by atoms with Crippen molar-refractivity contribution < 1.29 is 4.74 Å². The van der Waals surface area contributed by atoms with E-state index in [0.717, 1.165) is 41.2 Å². The van der Waals surface area contributed by atoms with Crippen LogP contribution in [-0.4, -0.2) is 25.2 Å². The molecule has 0 radical (unpaired) electrons. The van der Waals surface area contributed by atoms with E-state index in [1.54, 1.807) is 7.11 Å². The van der Waals surface area contributed by atoms with Crippen molar-refractivity contribution in [2.75, 3.05) is 30.4 Å². The number of anilines is 3. The third kappa shape index (κ3) is 3.68. The molecule has 1 heterocycles. The van der Waals surface area contributed by atoms with Crippen LogP contribution >= 0.6 is 0 Å². The quantitative estimate of drug-likeness (QED) is 0.676. The van der Waals surface area contributed by atoms with Crippen molar-refractivity contribution in [1.29, 1.82) is 0 Å². The predicted octanol–water partition coefficient (Wildman–Crippen LogP) is 5.14. The zero-order chi connectivity index (χ0) is 17.8. The molecule has 0 aliphatic rings. The molecule has 0 unspecified atom stereocenters. The average molecular weight is 335 g/mol. The first-order valence-electron chi connectivity index (χ1n) is 8.72. The maximum Gasteiger partial charge on any atom is 0.131 e. The van der Waals surface area contributed by atoms with Crippen molar-refractivity contribution in [1.82, 2.24) is 4.98 Å². The van der Waals surface area contributed by atoms with E-state index >= 15 is 0 Å². The second kappa shape index (κ2) is 7.43. The first kappa shape index (κ1) is 17.1. The fourth-order valence-electron chi connectivity index (χ4n) is 3.06. The molecule has 4 nitrogen and oxygen atoms in total. The molecule has 0 fully saturated rings. The van der Waals surface area contributed by atoms with Gasteiger partial charge in [0.05, 0.1) is 12.6 Å². The van der Waals surface area contributed by atoms with Crippen LogP contribution in [-0.2, 0) is 0 Å². The lowest BCUT2D eigenvalue weighted by Crippen LogP contribution is -2.21. The Labute approximate surface area is 149 Å². The summed E-state index contributed by atoms with van der Waals surface area (Å²) in [5.74, 6) is 1.70. The highest BCUT2D eigenvalue weighted by atomic mass is 16.5. The van der Waals surface area contributed by atoms with Gasteiger partial charge in [-0.05, 0) is 74.9 Å². The van der Waals surface area contributed by atoms with Crippen molar-refractivity contribution >= 4 is 28.1 Å². The van der Waals surface area contributed by atoms with Crippen LogP contribution in [0.5, 0.6) is 5.75 Å². The van der Waals surface area contributed by atoms with Crippen LogP contribution < -0.4 is 15.0 Å². The molecule has 0 aliphatic carbocycles. The van der Waals surface area contributed by atoms with Gasteiger partial charge in [-0.1, -0.05) is 0 Å². The Morgan fingerprint density at radius 1 is 1.00 bits per heavy atom. The number of nitrogens with zero attached hydrogens (tertiary/aromatic N) is 2. The Balaban J connectivity index is 1.85. The van der Waals surface area contributed by atoms with E-state index in [9.17, 15) is 0 Å². The van der Waals surface area contributed by atoms with Crippen LogP contribution in [0.25, 0.3) is 10.9 Å². The fraction of sp³-hybridized carbons (Fsp3) is 0.286. The molecule has 0 spiro atoms. The number of pyridine rings is 1. The van der Waals surface area contributed by atoms with Crippen molar-refractivity contribution in [3.63, 3.8) is 0 Å². The predicted molar refractivity (Wildman–Crippen MR) is 106 cm³/mol. The Morgan fingerprint density at radius 2 is 1.72 bits per heavy atom. The lowest BCUT2D eigenvalue weighted by atomic mass is 10.1. The monoisotopic (exact) mass is 335 g/mol. The summed E-state index contributed by atoms with van der Waals surface area (Å²) in [4.78, 5) is 7.05. The maximum atomic E-state index is 5.30. The molecule has 1 aromatic heterocycles. The molecule has 3 aromatic rings. The van der Waals surface area contributed by atoms with Gasteiger partial charge in [-0.3, -0.25) is 0 Å². The van der Waals surface area contributed by atoms with E-state index in [1.165, 1.54) is 11.3 Å².